The normalized spacial score (nSPS) is 21.4. The van der Waals surface area contributed by atoms with Crippen LogP contribution in [0, 0.1) is 5.41 Å². The summed E-state index contributed by atoms with van der Waals surface area (Å²) in [6, 6.07) is 1.88. The Morgan fingerprint density at radius 2 is 2.05 bits per heavy atom. The van der Waals surface area contributed by atoms with Gasteiger partial charge in [0.25, 0.3) is 0 Å². The van der Waals surface area contributed by atoms with Crippen molar-refractivity contribution in [2.75, 3.05) is 0 Å². The van der Waals surface area contributed by atoms with Crippen LogP contribution in [-0.2, 0) is 28.3 Å². The van der Waals surface area contributed by atoms with Crippen molar-refractivity contribution in [3.63, 3.8) is 0 Å². The number of nitrogens with one attached hydrogen (secondary N) is 1. The molecule has 114 valence electrons. The maximum atomic E-state index is 12.9. The van der Waals surface area contributed by atoms with Crippen LogP contribution in [-0.4, -0.2) is 18.2 Å². The van der Waals surface area contributed by atoms with Crippen LogP contribution in [0.3, 0.4) is 0 Å². The third-order valence-corrected chi connectivity index (χ3v) is 6.65. The molecule has 1 aromatic heterocycles. The lowest BCUT2D eigenvalue weighted by Gasteiger charge is -2.10. The van der Waals surface area contributed by atoms with E-state index in [4.69, 9.17) is 5.41 Å². The first kappa shape index (κ1) is 14.6. The number of rotatable bonds is 0. The topological polar surface area (TPSA) is 62.9 Å². The number of thiazole rings is 1. The second-order valence-corrected chi connectivity index (χ2v) is 8.57. The lowest BCUT2D eigenvalue weighted by Crippen LogP contribution is -2.25. The standard InChI is InChI=1S/C12H11F3N2O2S2/c1-6-4-17-10-7(5-21(6,18)19)2-8(12(13,14)15)3-9(10)20-11(17)16/h2-3,6,16H,4-5H2,1H3. The molecule has 0 aliphatic carbocycles. The quantitative estimate of drug-likeness (QED) is 0.803. The Balaban J connectivity index is 2.39. The van der Waals surface area contributed by atoms with Gasteiger partial charge in [-0.25, -0.2) is 8.42 Å². The van der Waals surface area contributed by atoms with Gasteiger partial charge in [0.05, 0.1) is 26.8 Å². The first-order chi connectivity index (χ1) is 9.59. The number of benzene rings is 1. The molecule has 2 heterocycles. The fourth-order valence-electron chi connectivity index (χ4n) is 2.49. The zero-order valence-corrected chi connectivity index (χ0v) is 12.5. The molecule has 2 aromatic rings. The van der Waals surface area contributed by atoms with E-state index in [9.17, 15) is 21.6 Å². The highest BCUT2D eigenvalue weighted by Crippen LogP contribution is 2.36. The molecule has 3 rings (SSSR count). The number of halogens is 3. The molecular formula is C12H11F3N2O2S2. The highest BCUT2D eigenvalue weighted by Gasteiger charge is 2.35. The lowest BCUT2D eigenvalue weighted by atomic mass is 10.1. The van der Waals surface area contributed by atoms with E-state index in [0.29, 0.717) is 10.2 Å². The Morgan fingerprint density at radius 1 is 1.38 bits per heavy atom. The Kier molecular flexibility index (Phi) is 3.00. The summed E-state index contributed by atoms with van der Waals surface area (Å²) in [5, 5.41) is 7.15. The van der Waals surface area contributed by atoms with Gasteiger partial charge >= 0.3 is 6.18 Å². The molecule has 1 N–H and O–H groups in total. The molecule has 1 aromatic carbocycles. The minimum atomic E-state index is -4.54. The van der Waals surface area contributed by atoms with Gasteiger partial charge in [-0.3, -0.25) is 5.41 Å². The van der Waals surface area contributed by atoms with Crippen LogP contribution in [0.2, 0.25) is 0 Å². The molecular weight excluding hydrogens is 325 g/mol. The second kappa shape index (κ2) is 4.33. The van der Waals surface area contributed by atoms with Gasteiger partial charge in [0, 0.05) is 6.54 Å². The van der Waals surface area contributed by atoms with Crippen LogP contribution < -0.4 is 4.80 Å². The molecule has 1 aliphatic heterocycles. The summed E-state index contributed by atoms with van der Waals surface area (Å²) >= 11 is 0.934. The lowest BCUT2D eigenvalue weighted by molar-refractivity contribution is -0.137. The van der Waals surface area contributed by atoms with Crippen molar-refractivity contribution in [2.24, 2.45) is 0 Å². The molecule has 0 saturated carbocycles. The maximum Gasteiger partial charge on any atom is 0.416 e. The summed E-state index contributed by atoms with van der Waals surface area (Å²) in [6.45, 7) is 1.61. The van der Waals surface area contributed by atoms with Crippen molar-refractivity contribution >= 4 is 31.4 Å². The van der Waals surface area contributed by atoms with Gasteiger partial charge in [0.15, 0.2) is 14.6 Å². The van der Waals surface area contributed by atoms with Crippen LogP contribution >= 0.6 is 11.3 Å². The summed E-state index contributed by atoms with van der Waals surface area (Å²) in [7, 11) is -3.53. The van der Waals surface area contributed by atoms with E-state index in [0.717, 1.165) is 23.5 Å². The monoisotopic (exact) mass is 336 g/mol. The van der Waals surface area contributed by atoms with Crippen molar-refractivity contribution in [3.05, 3.63) is 28.1 Å². The van der Waals surface area contributed by atoms with E-state index in [1.165, 1.54) is 11.5 Å². The van der Waals surface area contributed by atoms with Crippen molar-refractivity contribution < 1.29 is 21.6 Å². The third kappa shape index (κ3) is 2.28. The molecule has 0 spiro atoms. The summed E-state index contributed by atoms with van der Waals surface area (Å²) in [5.41, 5.74) is -0.312. The predicted molar refractivity (Wildman–Crippen MR) is 72.8 cm³/mol. The van der Waals surface area contributed by atoms with Crippen molar-refractivity contribution in [2.45, 2.75) is 30.6 Å². The van der Waals surface area contributed by atoms with Crippen molar-refractivity contribution in [3.8, 4) is 0 Å². The van der Waals surface area contributed by atoms with E-state index in [1.807, 2.05) is 0 Å². The summed E-state index contributed by atoms with van der Waals surface area (Å²) in [4.78, 5) is 0.0644. The SMILES string of the molecule is CC1Cn2c(=N)sc3cc(C(F)(F)F)cc(c32)CS1(=O)=O. The molecule has 1 unspecified atom stereocenters. The zero-order chi connectivity index (χ0) is 15.6. The number of aromatic nitrogens is 1. The number of hydrogen-bond donors (Lipinski definition) is 1. The Hall–Kier alpha value is -1.35. The zero-order valence-electron chi connectivity index (χ0n) is 10.9. The number of hydrogen-bond acceptors (Lipinski definition) is 4. The Bertz CT molecular complexity index is 894. The molecule has 0 radical (unpaired) electrons. The Labute approximate surface area is 122 Å². The fraction of sp³-hybridized carbons (Fsp3) is 0.417. The van der Waals surface area contributed by atoms with E-state index in [2.05, 4.69) is 0 Å². The van der Waals surface area contributed by atoms with Crippen LogP contribution in [0.4, 0.5) is 13.2 Å². The molecule has 0 bridgehead atoms. The molecule has 0 amide bonds. The van der Waals surface area contributed by atoms with Gasteiger partial charge in [-0.1, -0.05) is 11.3 Å². The summed E-state index contributed by atoms with van der Waals surface area (Å²) < 4.78 is 64.8. The smallest absolute Gasteiger partial charge is 0.315 e. The van der Waals surface area contributed by atoms with Gasteiger partial charge in [-0.15, -0.1) is 0 Å². The second-order valence-electron chi connectivity index (χ2n) is 5.12. The molecule has 21 heavy (non-hydrogen) atoms. The van der Waals surface area contributed by atoms with E-state index < -0.39 is 32.6 Å². The third-order valence-electron chi connectivity index (χ3n) is 3.61. The van der Waals surface area contributed by atoms with Gasteiger partial charge in [-0.2, -0.15) is 13.2 Å². The molecule has 0 saturated heterocycles. The summed E-state index contributed by atoms with van der Waals surface area (Å²) in [5.74, 6) is -0.426. The highest BCUT2D eigenvalue weighted by atomic mass is 32.2. The van der Waals surface area contributed by atoms with Crippen LogP contribution in [0.15, 0.2) is 12.1 Å². The first-order valence-corrected chi connectivity index (χ1v) is 8.62. The number of sulfone groups is 1. The van der Waals surface area contributed by atoms with Crippen LogP contribution in [0.1, 0.15) is 18.1 Å². The van der Waals surface area contributed by atoms with Gasteiger partial charge in [-0.05, 0) is 24.6 Å². The van der Waals surface area contributed by atoms with E-state index >= 15 is 0 Å². The minimum absolute atomic E-state index is 0.0644. The largest absolute Gasteiger partial charge is 0.416 e. The number of nitrogens with zero attached hydrogens (tertiary/aromatic N) is 1. The first-order valence-electron chi connectivity index (χ1n) is 6.09. The highest BCUT2D eigenvalue weighted by molar-refractivity contribution is 7.91. The fourth-order valence-corrected chi connectivity index (χ4v) is 4.81. The maximum absolute atomic E-state index is 12.9. The predicted octanol–water partition coefficient (Wildman–Crippen LogP) is 2.52. The van der Waals surface area contributed by atoms with Gasteiger partial charge < -0.3 is 4.57 Å². The molecule has 1 aliphatic rings. The number of alkyl halides is 3. The van der Waals surface area contributed by atoms with Crippen molar-refractivity contribution in [1.82, 2.24) is 4.57 Å². The average molecular weight is 336 g/mol. The molecule has 4 nitrogen and oxygen atoms in total. The molecule has 1 atom stereocenters. The van der Waals surface area contributed by atoms with Crippen LogP contribution in [0.5, 0.6) is 0 Å². The summed E-state index contributed by atoms with van der Waals surface area (Å²) in [6.07, 6.45) is -4.54. The molecule has 0 fully saturated rings. The average Bonchev–Trinajstić information content (AvgIpc) is 2.58. The van der Waals surface area contributed by atoms with Gasteiger partial charge in [0.2, 0.25) is 0 Å². The van der Waals surface area contributed by atoms with Crippen LogP contribution in [0.25, 0.3) is 10.2 Å². The Morgan fingerprint density at radius 3 is 2.67 bits per heavy atom. The van der Waals surface area contributed by atoms with Gasteiger partial charge in [0.1, 0.15) is 0 Å². The van der Waals surface area contributed by atoms with E-state index in [-0.39, 0.29) is 16.9 Å². The van der Waals surface area contributed by atoms with Crippen molar-refractivity contribution in [1.29, 1.82) is 5.41 Å². The minimum Gasteiger partial charge on any atom is -0.315 e. The molecule has 9 heteroatoms. The van der Waals surface area contributed by atoms with E-state index in [1.54, 1.807) is 0 Å².